The SMILES string of the molecule is CC(C)C(c1cccc(F)c1)C1CCNC1. The number of hydrogen-bond donors (Lipinski definition) is 1. The zero-order valence-electron chi connectivity index (χ0n) is 10.0. The molecule has 1 nitrogen and oxygen atoms in total. The van der Waals surface area contributed by atoms with E-state index in [0.717, 1.165) is 18.7 Å². The number of nitrogens with one attached hydrogen (secondary N) is 1. The lowest BCUT2D eigenvalue weighted by molar-refractivity contribution is 0.362. The molecule has 1 aromatic rings. The van der Waals surface area contributed by atoms with Gasteiger partial charge in [-0.15, -0.1) is 0 Å². The molecule has 1 aliphatic heterocycles. The Hall–Kier alpha value is -0.890. The summed E-state index contributed by atoms with van der Waals surface area (Å²) in [5, 5.41) is 3.40. The van der Waals surface area contributed by atoms with Crippen LogP contribution in [0.15, 0.2) is 24.3 Å². The van der Waals surface area contributed by atoms with E-state index in [0.29, 0.717) is 17.8 Å². The molecule has 1 saturated heterocycles. The van der Waals surface area contributed by atoms with E-state index in [1.807, 2.05) is 6.07 Å². The van der Waals surface area contributed by atoms with Gasteiger partial charge >= 0.3 is 0 Å². The lowest BCUT2D eigenvalue weighted by Gasteiger charge is -2.27. The highest BCUT2D eigenvalue weighted by Gasteiger charge is 2.28. The summed E-state index contributed by atoms with van der Waals surface area (Å²) >= 11 is 0. The van der Waals surface area contributed by atoms with E-state index in [9.17, 15) is 4.39 Å². The maximum Gasteiger partial charge on any atom is 0.123 e. The van der Waals surface area contributed by atoms with E-state index < -0.39 is 0 Å². The van der Waals surface area contributed by atoms with Crippen LogP contribution in [0.4, 0.5) is 4.39 Å². The molecule has 0 saturated carbocycles. The van der Waals surface area contributed by atoms with E-state index in [4.69, 9.17) is 0 Å². The molecule has 1 aromatic carbocycles. The fraction of sp³-hybridized carbons (Fsp3) is 0.571. The molecule has 0 spiro atoms. The summed E-state index contributed by atoms with van der Waals surface area (Å²) in [5.74, 6) is 1.58. The van der Waals surface area contributed by atoms with Crippen molar-refractivity contribution in [3.8, 4) is 0 Å². The molecule has 1 N–H and O–H groups in total. The van der Waals surface area contributed by atoms with Crippen LogP contribution < -0.4 is 5.32 Å². The van der Waals surface area contributed by atoms with Gasteiger partial charge in [0.15, 0.2) is 0 Å². The van der Waals surface area contributed by atoms with Crippen molar-refractivity contribution in [2.24, 2.45) is 11.8 Å². The first-order valence-corrected chi connectivity index (χ1v) is 6.14. The molecule has 1 aliphatic rings. The molecule has 16 heavy (non-hydrogen) atoms. The van der Waals surface area contributed by atoms with Crippen LogP contribution in [-0.2, 0) is 0 Å². The minimum atomic E-state index is -0.117. The van der Waals surface area contributed by atoms with E-state index in [1.54, 1.807) is 6.07 Å². The summed E-state index contributed by atoms with van der Waals surface area (Å²) < 4.78 is 13.3. The monoisotopic (exact) mass is 221 g/mol. The summed E-state index contributed by atoms with van der Waals surface area (Å²) in [7, 11) is 0. The Morgan fingerprint density at radius 3 is 2.75 bits per heavy atom. The molecule has 2 atom stereocenters. The highest BCUT2D eigenvalue weighted by molar-refractivity contribution is 5.22. The zero-order chi connectivity index (χ0) is 11.5. The summed E-state index contributed by atoms with van der Waals surface area (Å²) in [4.78, 5) is 0. The molecule has 0 radical (unpaired) electrons. The largest absolute Gasteiger partial charge is 0.316 e. The smallest absolute Gasteiger partial charge is 0.123 e. The summed E-state index contributed by atoms with van der Waals surface area (Å²) in [6.07, 6.45) is 1.21. The van der Waals surface area contributed by atoms with Gasteiger partial charge in [0.2, 0.25) is 0 Å². The highest BCUT2D eigenvalue weighted by atomic mass is 19.1. The normalized spacial score (nSPS) is 22.6. The van der Waals surface area contributed by atoms with Crippen LogP contribution in [0.25, 0.3) is 0 Å². The van der Waals surface area contributed by atoms with Crippen LogP contribution in [0.2, 0.25) is 0 Å². The van der Waals surface area contributed by atoms with Crippen LogP contribution in [0.3, 0.4) is 0 Å². The predicted octanol–water partition coefficient (Wildman–Crippen LogP) is 3.17. The van der Waals surface area contributed by atoms with E-state index in [1.165, 1.54) is 12.5 Å². The van der Waals surface area contributed by atoms with Gasteiger partial charge in [-0.25, -0.2) is 4.39 Å². The Bertz CT molecular complexity index is 342. The van der Waals surface area contributed by atoms with Gasteiger partial charge in [0.25, 0.3) is 0 Å². The Balaban J connectivity index is 2.24. The van der Waals surface area contributed by atoms with E-state index >= 15 is 0 Å². The Labute approximate surface area is 97.1 Å². The van der Waals surface area contributed by atoms with Crippen molar-refractivity contribution >= 4 is 0 Å². The minimum Gasteiger partial charge on any atom is -0.316 e. The van der Waals surface area contributed by atoms with Gasteiger partial charge in [-0.3, -0.25) is 0 Å². The van der Waals surface area contributed by atoms with Crippen molar-refractivity contribution in [1.82, 2.24) is 5.32 Å². The van der Waals surface area contributed by atoms with Crippen LogP contribution >= 0.6 is 0 Å². The van der Waals surface area contributed by atoms with Crippen molar-refractivity contribution in [3.05, 3.63) is 35.6 Å². The van der Waals surface area contributed by atoms with Crippen LogP contribution in [0.1, 0.15) is 31.7 Å². The molecule has 2 heteroatoms. The second-order valence-corrected chi connectivity index (χ2v) is 5.08. The predicted molar refractivity (Wildman–Crippen MR) is 65.0 cm³/mol. The minimum absolute atomic E-state index is 0.117. The average Bonchev–Trinajstić information content (AvgIpc) is 2.71. The Morgan fingerprint density at radius 2 is 2.19 bits per heavy atom. The standard InChI is InChI=1S/C14H20FN/c1-10(2)14(12-6-7-16-9-12)11-4-3-5-13(15)8-11/h3-5,8,10,12,14,16H,6-7,9H2,1-2H3. The molecule has 2 unspecified atom stereocenters. The van der Waals surface area contributed by atoms with Crippen molar-refractivity contribution in [1.29, 1.82) is 0 Å². The van der Waals surface area contributed by atoms with Crippen LogP contribution in [0, 0.1) is 17.7 Å². The summed E-state index contributed by atoms with van der Waals surface area (Å²) in [5.41, 5.74) is 1.16. The van der Waals surface area contributed by atoms with Gasteiger partial charge in [-0.2, -0.15) is 0 Å². The maximum atomic E-state index is 13.3. The van der Waals surface area contributed by atoms with Gasteiger partial charge in [0.05, 0.1) is 0 Å². The molecule has 0 amide bonds. The van der Waals surface area contributed by atoms with Crippen molar-refractivity contribution in [2.45, 2.75) is 26.2 Å². The average molecular weight is 221 g/mol. The number of benzene rings is 1. The van der Waals surface area contributed by atoms with E-state index in [-0.39, 0.29) is 5.82 Å². The molecule has 1 fully saturated rings. The van der Waals surface area contributed by atoms with Gasteiger partial charge in [-0.1, -0.05) is 26.0 Å². The molecule has 0 aromatic heterocycles. The first-order valence-electron chi connectivity index (χ1n) is 6.14. The van der Waals surface area contributed by atoms with Gasteiger partial charge in [-0.05, 0) is 55.0 Å². The molecular formula is C14H20FN. The number of halogens is 1. The van der Waals surface area contributed by atoms with Gasteiger partial charge in [0, 0.05) is 0 Å². The van der Waals surface area contributed by atoms with Crippen LogP contribution in [0.5, 0.6) is 0 Å². The fourth-order valence-corrected chi connectivity index (χ4v) is 2.90. The molecule has 0 bridgehead atoms. The third-order valence-electron chi connectivity index (χ3n) is 3.56. The first kappa shape index (κ1) is 11.6. The fourth-order valence-electron chi connectivity index (χ4n) is 2.90. The van der Waals surface area contributed by atoms with Gasteiger partial charge < -0.3 is 5.32 Å². The molecule has 0 aliphatic carbocycles. The summed E-state index contributed by atoms with van der Waals surface area (Å²) in [6.45, 7) is 6.63. The van der Waals surface area contributed by atoms with Crippen molar-refractivity contribution in [2.75, 3.05) is 13.1 Å². The van der Waals surface area contributed by atoms with E-state index in [2.05, 4.69) is 25.2 Å². The van der Waals surface area contributed by atoms with Crippen molar-refractivity contribution in [3.63, 3.8) is 0 Å². The molecule has 1 heterocycles. The Morgan fingerprint density at radius 1 is 1.38 bits per heavy atom. The topological polar surface area (TPSA) is 12.0 Å². The first-order chi connectivity index (χ1) is 7.68. The lowest BCUT2D eigenvalue weighted by atomic mass is 9.78. The van der Waals surface area contributed by atoms with Crippen LogP contribution in [-0.4, -0.2) is 13.1 Å². The molecule has 88 valence electrons. The van der Waals surface area contributed by atoms with Gasteiger partial charge in [0.1, 0.15) is 5.82 Å². The van der Waals surface area contributed by atoms with Crippen molar-refractivity contribution < 1.29 is 4.39 Å². The summed E-state index contributed by atoms with van der Waals surface area (Å²) in [6, 6.07) is 7.10. The zero-order valence-corrected chi connectivity index (χ0v) is 10.0. The third kappa shape index (κ3) is 2.43. The molecular weight excluding hydrogens is 201 g/mol. The Kier molecular flexibility index (Phi) is 3.59. The molecule has 2 rings (SSSR count). The third-order valence-corrected chi connectivity index (χ3v) is 3.56. The quantitative estimate of drug-likeness (QED) is 0.826. The maximum absolute atomic E-state index is 13.3. The lowest BCUT2D eigenvalue weighted by Crippen LogP contribution is -2.20. The highest BCUT2D eigenvalue weighted by Crippen LogP contribution is 2.35. The number of rotatable bonds is 3. The second-order valence-electron chi connectivity index (χ2n) is 5.08. The second kappa shape index (κ2) is 4.96. The number of hydrogen-bond acceptors (Lipinski definition) is 1.